The fraction of sp³-hybridized carbons (Fsp3) is 0.520. The number of hydrogen-bond donors (Lipinski definition) is 4. The van der Waals surface area contributed by atoms with E-state index in [0.29, 0.717) is 5.92 Å². The van der Waals surface area contributed by atoms with Gasteiger partial charge >= 0.3 is 0 Å². The van der Waals surface area contributed by atoms with E-state index >= 15 is 0 Å². The lowest BCUT2D eigenvalue weighted by molar-refractivity contribution is -0.231. The Kier molecular flexibility index (Phi) is 5.42. The standard InChI is InChI=1S/C25H30O5/c26-13-21-22(27)23(28)24(29)25(30-21)18-9-10-20(17-7-8-17)19(12-18)11-14-1-3-15(4-2-14)16-5-6-16/h1-4,9-10,12,16-17,21-29H,5-8,11,13H2/t21-,22-,23?,24-,25+/m1/s1. The van der Waals surface area contributed by atoms with Gasteiger partial charge in [-0.3, -0.25) is 0 Å². The summed E-state index contributed by atoms with van der Waals surface area (Å²) in [7, 11) is 0. The van der Waals surface area contributed by atoms with Gasteiger partial charge in [0.1, 0.15) is 30.5 Å². The van der Waals surface area contributed by atoms with Crippen molar-refractivity contribution in [3.8, 4) is 0 Å². The number of aliphatic hydroxyl groups is 4. The zero-order chi connectivity index (χ0) is 20.8. The Bertz CT molecular complexity index is 885. The van der Waals surface area contributed by atoms with Crippen LogP contribution >= 0.6 is 0 Å². The zero-order valence-electron chi connectivity index (χ0n) is 17.0. The Morgan fingerprint density at radius 3 is 2.07 bits per heavy atom. The van der Waals surface area contributed by atoms with Crippen LogP contribution in [0.4, 0.5) is 0 Å². The largest absolute Gasteiger partial charge is 0.394 e. The number of rotatable bonds is 6. The third kappa shape index (κ3) is 3.93. The Labute approximate surface area is 177 Å². The molecule has 2 aromatic carbocycles. The molecule has 2 saturated carbocycles. The van der Waals surface area contributed by atoms with Gasteiger partial charge in [0.2, 0.25) is 0 Å². The Morgan fingerprint density at radius 2 is 1.43 bits per heavy atom. The van der Waals surface area contributed by atoms with Gasteiger partial charge in [0, 0.05) is 0 Å². The van der Waals surface area contributed by atoms with Gasteiger partial charge in [-0.05, 0) is 71.8 Å². The molecule has 4 N–H and O–H groups in total. The minimum absolute atomic E-state index is 0.415. The molecule has 1 heterocycles. The third-order valence-corrected chi connectivity index (χ3v) is 6.83. The highest BCUT2D eigenvalue weighted by atomic mass is 16.5. The van der Waals surface area contributed by atoms with Gasteiger partial charge in [0.25, 0.3) is 0 Å². The zero-order valence-corrected chi connectivity index (χ0v) is 17.0. The monoisotopic (exact) mass is 410 g/mol. The summed E-state index contributed by atoms with van der Waals surface area (Å²) in [4.78, 5) is 0. The first-order valence-electron chi connectivity index (χ1n) is 11.1. The molecular formula is C25H30O5. The van der Waals surface area contributed by atoms with Crippen molar-refractivity contribution < 1.29 is 25.2 Å². The van der Waals surface area contributed by atoms with Gasteiger partial charge in [-0.2, -0.15) is 0 Å². The van der Waals surface area contributed by atoms with Crippen LogP contribution < -0.4 is 0 Å². The van der Waals surface area contributed by atoms with Crippen LogP contribution in [0.1, 0.15) is 71.4 Å². The van der Waals surface area contributed by atoms with E-state index in [-0.39, 0.29) is 0 Å². The molecule has 1 aliphatic heterocycles. The summed E-state index contributed by atoms with van der Waals surface area (Å²) in [6.45, 7) is -0.415. The molecule has 2 aliphatic carbocycles. The number of ether oxygens (including phenoxy) is 1. The van der Waals surface area contributed by atoms with E-state index in [1.807, 2.05) is 6.07 Å². The third-order valence-electron chi connectivity index (χ3n) is 6.83. The van der Waals surface area contributed by atoms with Crippen molar-refractivity contribution in [2.45, 2.75) is 74.5 Å². The van der Waals surface area contributed by atoms with Crippen LogP contribution in [0.5, 0.6) is 0 Å². The van der Waals surface area contributed by atoms with Crippen molar-refractivity contribution in [2.75, 3.05) is 6.61 Å². The van der Waals surface area contributed by atoms with E-state index in [0.717, 1.165) is 17.9 Å². The Morgan fingerprint density at radius 1 is 0.767 bits per heavy atom. The van der Waals surface area contributed by atoms with Gasteiger partial charge in [0.15, 0.2) is 0 Å². The van der Waals surface area contributed by atoms with Crippen LogP contribution in [0.2, 0.25) is 0 Å². The SMILES string of the molecule is OC[C@H]1O[C@@H](c2ccc(C3CC3)c(Cc3ccc(C4CC4)cc3)c2)[C@H](O)C(O)[C@@H]1O. The van der Waals surface area contributed by atoms with Crippen molar-refractivity contribution in [3.63, 3.8) is 0 Å². The molecule has 5 heteroatoms. The van der Waals surface area contributed by atoms with Crippen LogP contribution in [0.3, 0.4) is 0 Å². The minimum Gasteiger partial charge on any atom is -0.394 e. The van der Waals surface area contributed by atoms with E-state index in [4.69, 9.17) is 4.74 Å². The molecule has 2 aromatic rings. The second kappa shape index (κ2) is 8.06. The highest BCUT2D eigenvalue weighted by Crippen LogP contribution is 2.44. The van der Waals surface area contributed by atoms with Crippen LogP contribution in [0, 0.1) is 0 Å². The second-order valence-corrected chi connectivity index (χ2v) is 9.17. The molecule has 5 atom stereocenters. The molecule has 1 saturated heterocycles. The van der Waals surface area contributed by atoms with E-state index in [9.17, 15) is 20.4 Å². The maximum atomic E-state index is 10.5. The van der Waals surface area contributed by atoms with Gasteiger partial charge in [-0.15, -0.1) is 0 Å². The van der Waals surface area contributed by atoms with Crippen molar-refractivity contribution in [1.29, 1.82) is 0 Å². The molecule has 30 heavy (non-hydrogen) atoms. The second-order valence-electron chi connectivity index (χ2n) is 9.17. The molecule has 3 aliphatic rings. The van der Waals surface area contributed by atoms with E-state index in [1.165, 1.54) is 47.9 Å². The molecule has 0 amide bonds. The van der Waals surface area contributed by atoms with Crippen LogP contribution in [0.25, 0.3) is 0 Å². The molecule has 5 rings (SSSR count). The van der Waals surface area contributed by atoms with Gasteiger partial charge in [-0.1, -0.05) is 42.5 Å². The topological polar surface area (TPSA) is 90.2 Å². The number of benzene rings is 2. The lowest BCUT2D eigenvalue weighted by atomic mass is 9.88. The normalized spacial score (nSPS) is 31.7. The molecule has 0 bridgehead atoms. The number of hydrogen-bond acceptors (Lipinski definition) is 5. The molecule has 3 fully saturated rings. The first-order valence-corrected chi connectivity index (χ1v) is 11.1. The lowest BCUT2D eigenvalue weighted by Crippen LogP contribution is -2.55. The smallest absolute Gasteiger partial charge is 0.113 e. The molecule has 0 aromatic heterocycles. The van der Waals surface area contributed by atoms with Crippen LogP contribution in [-0.4, -0.2) is 51.4 Å². The van der Waals surface area contributed by atoms with Crippen molar-refractivity contribution in [1.82, 2.24) is 0 Å². The maximum absolute atomic E-state index is 10.5. The predicted molar refractivity (Wildman–Crippen MR) is 112 cm³/mol. The van der Waals surface area contributed by atoms with Crippen molar-refractivity contribution in [2.24, 2.45) is 0 Å². The highest BCUT2D eigenvalue weighted by Gasteiger charge is 2.44. The highest BCUT2D eigenvalue weighted by molar-refractivity contribution is 5.42. The average molecular weight is 411 g/mol. The van der Waals surface area contributed by atoms with Crippen LogP contribution in [-0.2, 0) is 11.2 Å². The molecular weight excluding hydrogens is 380 g/mol. The fourth-order valence-electron chi connectivity index (χ4n) is 4.67. The minimum atomic E-state index is -1.36. The summed E-state index contributed by atoms with van der Waals surface area (Å²) in [6, 6.07) is 15.0. The summed E-state index contributed by atoms with van der Waals surface area (Å²) < 4.78 is 5.78. The molecule has 0 spiro atoms. The fourth-order valence-corrected chi connectivity index (χ4v) is 4.67. The molecule has 1 unspecified atom stereocenters. The van der Waals surface area contributed by atoms with E-state index in [1.54, 1.807) is 0 Å². The molecule has 160 valence electrons. The Balaban J connectivity index is 1.42. The maximum Gasteiger partial charge on any atom is 0.113 e. The summed E-state index contributed by atoms with van der Waals surface area (Å²) in [5.41, 5.74) is 6.00. The van der Waals surface area contributed by atoms with E-state index < -0.39 is 37.1 Å². The summed E-state index contributed by atoms with van der Waals surface area (Å²) in [5.74, 6) is 1.34. The quantitative estimate of drug-likeness (QED) is 0.588. The number of aliphatic hydroxyl groups excluding tert-OH is 4. The average Bonchev–Trinajstić information content (AvgIpc) is 3.66. The molecule has 0 radical (unpaired) electrons. The summed E-state index contributed by atoms with van der Waals surface area (Å²) in [5, 5.41) is 40.3. The van der Waals surface area contributed by atoms with Crippen molar-refractivity contribution in [3.05, 3.63) is 70.3 Å². The van der Waals surface area contributed by atoms with Gasteiger partial charge < -0.3 is 25.2 Å². The van der Waals surface area contributed by atoms with Crippen LogP contribution in [0.15, 0.2) is 42.5 Å². The first kappa shape index (κ1) is 20.2. The van der Waals surface area contributed by atoms with Crippen molar-refractivity contribution >= 4 is 0 Å². The van der Waals surface area contributed by atoms with Gasteiger partial charge in [0.05, 0.1) is 6.61 Å². The predicted octanol–water partition coefficient (Wildman–Crippen LogP) is 2.55. The lowest BCUT2D eigenvalue weighted by Gasteiger charge is -2.40. The van der Waals surface area contributed by atoms with Gasteiger partial charge in [-0.25, -0.2) is 0 Å². The first-order chi connectivity index (χ1) is 14.5. The van der Waals surface area contributed by atoms with E-state index in [2.05, 4.69) is 36.4 Å². The molecule has 5 nitrogen and oxygen atoms in total. The summed E-state index contributed by atoms with van der Waals surface area (Å²) >= 11 is 0. The summed E-state index contributed by atoms with van der Waals surface area (Å²) in [6.07, 6.45) is 0.180. The Hall–Kier alpha value is -1.76.